The molecule has 0 aliphatic carbocycles. The molecule has 2 nitrogen and oxygen atoms in total. The van der Waals surface area contributed by atoms with Gasteiger partial charge in [-0.1, -0.05) is 19.9 Å². The molecule has 1 aromatic rings. The summed E-state index contributed by atoms with van der Waals surface area (Å²) in [6, 6.07) is 5.67. The predicted molar refractivity (Wildman–Crippen MR) is 64.1 cm³/mol. The first kappa shape index (κ1) is 11.9. The van der Waals surface area contributed by atoms with Gasteiger partial charge in [0.15, 0.2) is 0 Å². The standard InChI is InChI=1S/C12H15NOS/c1-8(2)3-9-4-10(6-13)12(14)11(5-9)7-15/h4-5,8,14-15H,3,7H2,1-2H3. The van der Waals surface area contributed by atoms with Gasteiger partial charge >= 0.3 is 0 Å². The van der Waals surface area contributed by atoms with Crippen LogP contribution in [0.25, 0.3) is 0 Å². The van der Waals surface area contributed by atoms with Gasteiger partial charge in [-0.15, -0.1) is 0 Å². The van der Waals surface area contributed by atoms with E-state index in [1.54, 1.807) is 6.07 Å². The van der Waals surface area contributed by atoms with Gasteiger partial charge in [0.1, 0.15) is 11.8 Å². The van der Waals surface area contributed by atoms with E-state index >= 15 is 0 Å². The molecule has 0 amide bonds. The molecule has 15 heavy (non-hydrogen) atoms. The molecule has 80 valence electrons. The molecule has 1 aromatic carbocycles. The van der Waals surface area contributed by atoms with E-state index in [0.717, 1.165) is 17.5 Å². The summed E-state index contributed by atoms with van der Waals surface area (Å²) in [5.41, 5.74) is 2.16. The number of nitriles is 1. The van der Waals surface area contributed by atoms with Crippen LogP contribution in [0, 0.1) is 17.2 Å². The minimum Gasteiger partial charge on any atom is -0.506 e. The summed E-state index contributed by atoms with van der Waals surface area (Å²) in [5, 5.41) is 18.5. The molecular weight excluding hydrogens is 206 g/mol. The molecule has 0 saturated carbocycles. The quantitative estimate of drug-likeness (QED) is 0.771. The van der Waals surface area contributed by atoms with E-state index in [1.807, 2.05) is 12.1 Å². The molecule has 0 heterocycles. The van der Waals surface area contributed by atoms with Gasteiger partial charge < -0.3 is 5.11 Å². The van der Waals surface area contributed by atoms with Crippen molar-refractivity contribution in [3.05, 3.63) is 28.8 Å². The molecule has 0 spiro atoms. The lowest BCUT2D eigenvalue weighted by molar-refractivity contribution is 0.468. The number of phenolic OH excluding ortho intramolecular Hbond substituents is 1. The van der Waals surface area contributed by atoms with Crippen LogP contribution in [0.5, 0.6) is 5.75 Å². The molecule has 0 bridgehead atoms. The van der Waals surface area contributed by atoms with E-state index in [0.29, 0.717) is 17.2 Å². The molecule has 3 heteroatoms. The van der Waals surface area contributed by atoms with Crippen LogP contribution < -0.4 is 0 Å². The first-order valence-corrected chi connectivity index (χ1v) is 5.57. The highest BCUT2D eigenvalue weighted by Gasteiger charge is 2.09. The van der Waals surface area contributed by atoms with Crippen LogP contribution in [-0.2, 0) is 12.2 Å². The van der Waals surface area contributed by atoms with Crippen LogP contribution in [0.15, 0.2) is 12.1 Å². The van der Waals surface area contributed by atoms with Crippen molar-refractivity contribution in [1.82, 2.24) is 0 Å². The summed E-state index contributed by atoms with van der Waals surface area (Å²) in [4.78, 5) is 0. The smallest absolute Gasteiger partial charge is 0.137 e. The zero-order valence-corrected chi connectivity index (χ0v) is 9.88. The minimum absolute atomic E-state index is 0.0695. The second-order valence-corrected chi connectivity index (χ2v) is 4.34. The van der Waals surface area contributed by atoms with Crippen molar-refractivity contribution < 1.29 is 5.11 Å². The molecule has 0 radical (unpaired) electrons. The van der Waals surface area contributed by atoms with Gasteiger partial charge in [-0.05, 0) is 24.0 Å². The van der Waals surface area contributed by atoms with Crippen LogP contribution in [0.3, 0.4) is 0 Å². The first-order valence-electron chi connectivity index (χ1n) is 4.94. The van der Waals surface area contributed by atoms with Crippen LogP contribution in [0.2, 0.25) is 0 Å². The van der Waals surface area contributed by atoms with Gasteiger partial charge in [0.25, 0.3) is 0 Å². The summed E-state index contributed by atoms with van der Waals surface area (Å²) in [5.74, 6) is 1.06. The maximum atomic E-state index is 9.68. The molecular formula is C12H15NOS. The molecule has 0 atom stereocenters. The zero-order valence-electron chi connectivity index (χ0n) is 8.99. The van der Waals surface area contributed by atoms with Crippen LogP contribution in [-0.4, -0.2) is 5.11 Å². The Bertz CT molecular complexity index is 393. The molecule has 1 N–H and O–H groups in total. The Balaban J connectivity index is 3.16. The number of phenols is 1. The minimum atomic E-state index is 0.0695. The SMILES string of the molecule is CC(C)Cc1cc(C#N)c(O)c(CS)c1. The fourth-order valence-corrected chi connectivity index (χ4v) is 1.80. The Hall–Kier alpha value is -1.14. The highest BCUT2D eigenvalue weighted by atomic mass is 32.1. The second-order valence-electron chi connectivity index (χ2n) is 4.02. The van der Waals surface area contributed by atoms with E-state index in [2.05, 4.69) is 26.5 Å². The third-order valence-corrected chi connectivity index (χ3v) is 2.52. The average molecular weight is 221 g/mol. The highest BCUT2D eigenvalue weighted by Crippen LogP contribution is 2.26. The fraction of sp³-hybridized carbons (Fsp3) is 0.417. The monoisotopic (exact) mass is 221 g/mol. The lowest BCUT2D eigenvalue weighted by Gasteiger charge is -2.09. The number of rotatable bonds is 3. The lowest BCUT2D eigenvalue weighted by atomic mass is 9.98. The number of nitrogens with zero attached hydrogens (tertiary/aromatic N) is 1. The molecule has 0 aliphatic rings. The maximum absolute atomic E-state index is 9.68. The Morgan fingerprint density at radius 3 is 2.60 bits per heavy atom. The van der Waals surface area contributed by atoms with Crippen molar-refractivity contribution in [3.8, 4) is 11.8 Å². The summed E-state index contributed by atoms with van der Waals surface area (Å²) in [7, 11) is 0. The normalized spacial score (nSPS) is 10.3. The Morgan fingerprint density at radius 1 is 1.47 bits per heavy atom. The molecule has 0 fully saturated rings. The molecule has 0 unspecified atom stereocenters. The number of hydrogen-bond acceptors (Lipinski definition) is 3. The first-order chi connectivity index (χ1) is 7.08. The van der Waals surface area contributed by atoms with Crippen molar-refractivity contribution >= 4 is 12.6 Å². The Morgan fingerprint density at radius 2 is 2.13 bits per heavy atom. The number of aromatic hydroxyl groups is 1. The van der Waals surface area contributed by atoms with Gasteiger partial charge in [0, 0.05) is 11.3 Å². The number of hydrogen-bond donors (Lipinski definition) is 2. The van der Waals surface area contributed by atoms with E-state index in [-0.39, 0.29) is 5.75 Å². The summed E-state index contributed by atoms with van der Waals surface area (Å²) >= 11 is 4.13. The molecule has 0 saturated heterocycles. The average Bonchev–Trinajstić information content (AvgIpc) is 2.19. The van der Waals surface area contributed by atoms with Crippen molar-refractivity contribution in [1.29, 1.82) is 5.26 Å². The molecule has 1 rings (SSSR count). The summed E-state index contributed by atoms with van der Waals surface area (Å²) in [6.45, 7) is 4.25. The third kappa shape index (κ3) is 2.90. The van der Waals surface area contributed by atoms with Gasteiger partial charge in [0.05, 0.1) is 5.56 Å². The summed E-state index contributed by atoms with van der Waals surface area (Å²) in [6.07, 6.45) is 0.912. The van der Waals surface area contributed by atoms with Gasteiger partial charge in [-0.25, -0.2) is 0 Å². The van der Waals surface area contributed by atoms with Crippen LogP contribution in [0.4, 0.5) is 0 Å². The van der Waals surface area contributed by atoms with E-state index < -0.39 is 0 Å². The Labute approximate surface area is 96.0 Å². The third-order valence-electron chi connectivity index (χ3n) is 2.18. The van der Waals surface area contributed by atoms with Crippen molar-refractivity contribution in [2.45, 2.75) is 26.0 Å². The topological polar surface area (TPSA) is 44.0 Å². The van der Waals surface area contributed by atoms with Gasteiger partial charge in [0.2, 0.25) is 0 Å². The largest absolute Gasteiger partial charge is 0.506 e. The van der Waals surface area contributed by atoms with Crippen molar-refractivity contribution in [2.75, 3.05) is 0 Å². The van der Waals surface area contributed by atoms with Crippen molar-refractivity contribution in [2.24, 2.45) is 5.92 Å². The second kappa shape index (κ2) is 5.09. The van der Waals surface area contributed by atoms with Gasteiger partial charge in [-0.3, -0.25) is 0 Å². The van der Waals surface area contributed by atoms with Gasteiger partial charge in [-0.2, -0.15) is 17.9 Å². The maximum Gasteiger partial charge on any atom is 0.137 e. The van der Waals surface area contributed by atoms with E-state index in [4.69, 9.17) is 5.26 Å². The van der Waals surface area contributed by atoms with E-state index in [9.17, 15) is 5.11 Å². The van der Waals surface area contributed by atoms with Crippen LogP contribution >= 0.6 is 12.6 Å². The molecule has 0 aliphatic heterocycles. The number of thiol groups is 1. The highest BCUT2D eigenvalue weighted by molar-refractivity contribution is 7.79. The lowest BCUT2D eigenvalue weighted by Crippen LogP contribution is -1.97. The zero-order chi connectivity index (χ0) is 11.4. The predicted octanol–water partition coefficient (Wildman–Crippen LogP) is 2.89. The van der Waals surface area contributed by atoms with Crippen molar-refractivity contribution in [3.63, 3.8) is 0 Å². The number of benzene rings is 1. The van der Waals surface area contributed by atoms with Crippen LogP contribution in [0.1, 0.15) is 30.5 Å². The summed E-state index contributed by atoms with van der Waals surface area (Å²) < 4.78 is 0. The van der Waals surface area contributed by atoms with E-state index in [1.165, 1.54) is 0 Å². The fourth-order valence-electron chi connectivity index (χ4n) is 1.56. The molecule has 0 aromatic heterocycles. The Kier molecular flexibility index (Phi) is 4.05.